The highest BCUT2D eigenvalue weighted by Gasteiger charge is 2.13. The molecule has 0 bridgehead atoms. The van der Waals surface area contributed by atoms with Gasteiger partial charge in [-0.15, -0.1) is 24.0 Å². The molecule has 0 radical (unpaired) electrons. The predicted molar refractivity (Wildman–Crippen MR) is 118 cm³/mol. The maximum absolute atomic E-state index is 11.9. The Hall–Kier alpha value is -1.51. The molecule has 1 rings (SSSR count). The Morgan fingerprint density at radius 1 is 1.23 bits per heavy atom. The molecule has 0 aliphatic carbocycles. The SMILES string of the molecule is CCCOc1cc(C)ccc1CNC(=NC)NCC(=O)NC(C)(C)C.I. The van der Waals surface area contributed by atoms with Gasteiger partial charge in [-0.2, -0.15) is 0 Å². The zero-order chi connectivity index (χ0) is 18.9. The number of hydrogen-bond donors (Lipinski definition) is 3. The van der Waals surface area contributed by atoms with E-state index < -0.39 is 0 Å². The molecule has 0 saturated heterocycles. The predicted octanol–water partition coefficient (Wildman–Crippen LogP) is 2.98. The third-order valence-corrected chi connectivity index (χ3v) is 3.29. The number of nitrogens with zero attached hydrogens (tertiary/aromatic N) is 1. The summed E-state index contributed by atoms with van der Waals surface area (Å²) < 4.78 is 5.82. The summed E-state index contributed by atoms with van der Waals surface area (Å²) in [4.78, 5) is 16.0. The van der Waals surface area contributed by atoms with Crippen molar-refractivity contribution >= 4 is 35.8 Å². The van der Waals surface area contributed by atoms with E-state index in [0.717, 1.165) is 23.3 Å². The summed E-state index contributed by atoms with van der Waals surface area (Å²) in [5.41, 5.74) is 1.97. The molecular formula is C19H33IN4O2. The van der Waals surface area contributed by atoms with Crippen LogP contribution >= 0.6 is 24.0 Å². The van der Waals surface area contributed by atoms with Crippen LogP contribution in [0.3, 0.4) is 0 Å². The largest absolute Gasteiger partial charge is 0.493 e. The van der Waals surface area contributed by atoms with E-state index in [1.807, 2.05) is 39.8 Å². The number of guanidine groups is 1. The number of nitrogens with one attached hydrogen (secondary N) is 3. The van der Waals surface area contributed by atoms with E-state index in [1.54, 1.807) is 7.05 Å². The average molecular weight is 476 g/mol. The first kappa shape index (κ1) is 24.5. The molecule has 0 heterocycles. The van der Waals surface area contributed by atoms with Crippen molar-refractivity contribution < 1.29 is 9.53 Å². The first-order valence-electron chi connectivity index (χ1n) is 8.73. The molecule has 3 N–H and O–H groups in total. The van der Waals surface area contributed by atoms with Crippen LogP contribution in [0, 0.1) is 6.92 Å². The topological polar surface area (TPSA) is 74.8 Å². The average Bonchev–Trinajstić information content (AvgIpc) is 2.52. The number of halogens is 1. The Kier molecular flexibility index (Phi) is 11.3. The number of carbonyl (C=O) groups excluding carboxylic acids is 1. The Bertz CT molecular complexity index is 598. The molecule has 0 aliphatic rings. The minimum atomic E-state index is -0.247. The highest BCUT2D eigenvalue weighted by Crippen LogP contribution is 2.20. The Morgan fingerprint density at radius 3 is 2.50 bits per heavy atom. The minimum Gasteiger partial charge on any atom is -0.493 e. The number of amides is 1. The number of aliphatic imine (C=N–C) groups is 1. The van der Waals surface area contributed by atoms with Crippen LogP contribution in [0.2, 0.25) is 0 Å². The molecule has 7 heteroatoms. The number of benzene rings is 1. The lowest BCUT2D eigenvalue weighted by Crippen LogP contribution is -2.48. The summed E-state index contributed by atoms with van der Waals surface area (Å²) in [5, 5.41) is 9.15. The zero-order valence-corrected chi connectivity index (χ0v) is 19.1. The zero-order valence-electron chi connectivity index (χ0n) is 16.7. The van der Waals surface area contributed by atoms with Crippen LogP contribution in [0.4, 0.5) is 0 Å². The molecule has 6 nitrogen and oxygen atoms in total. The van der Waals surface area contributed by atoms with E-state index in [0.29, 0.717) is 19.1 Å². The standard InChI is InChI=1S/C19H32N4O2.HI/c1-7-10-25-16-11-14(2)8-9-15(16)12-21-18(20-6)22-13-17(24)23-19(3,4)5;/h8-9,11H,7,10,12-13H2,1-6H3,(H,23,24)(H2,20,21,22);1H. The van der Waals surface area contributed by atoms with Crippen molar-refractivity contribution in [2.75, 3.05) is 20.2 Å². The Labute approximate surface area is 174 Å². The van der Waals surface area contributed by atoms with Gasteiger partial charge >= 0.3 is 0 Å². The lowest BCUT2D eigenvalue weighted by Gasteiger charge is -2.21. The summed E-state index contributed by atoms with van der Waals surface area (Å²) in [5.74, 6) is 1.39. The van der Waals surface area contributed by atoms with E-state index in [4.69, 9.17) is 4.74 Å². The van der Waals surface area contributed by atoms with E-state index in [2.05, 4.69) is 33.9 Å². The van der Waals surface area contributed by atoms with Crippen molar-refractivity contribution in [1.29, 1.82) is 0 Å². The van der Waals surface area contributed by atoms with Gasteiger partial charge in [-0.1, -0.05) is 19.1 Å². The second kappa shape index (κ2) is 12.0. The molecule has 0 aliphatic heterocycles. The van der Waals surface area contributed by atoms with Crippen molar-refractivity contribution in [2.45, 2.75) is 53.1 Å². The van der Waals surface area contributed by atoms with Crippen molar-refractivity contribution in [1.82, 2.24) is 16.0 Å². The van der Waals surface area contributed by atoms with E-state index in [-0.39, 0.29) is 42.0 Å². The van der Waals surface area contributed by atoms with Gasteiger partial charge in [0.1, 0.15) is 5.75 Å². The summed E-state index contributed by atoms with van der Waals surface area (Å²) >= 11 is 0. The minimum absolute atomic E-state index is 0. The molecule has 0 fully saturated rings. The van der Waals surface area contributed by atoms with Crippen LogP contribution < -0.4 is 20.7 Å². The Morgan fingerprint density at radius 2 is 1.92 bits per heavy atom. The first-order valence-corrected chi connectivity index (χ1v) is 8.73. The fourth-order valence-corrected chi connectivity index (χ4v) is 2.18. The monoisotopic (exact) mass is 476 g/mol. The van der Waals surface area contributed by atoms with Crippen LogP contribution in [0.25, 0.3) is 0 Å². The fourth-order valence-electron chi connectivity index (χ4n) is 2.18. The quantitative estimate of drug-likeness (QED) is 0.322. The summed E-state index contributed by atoms with van der Waals surface area (Å²) in [7, 11) is 1.68. The third kappa shape index (κ3) is 9.84. The molecular weight excluding hydrogens is 443 g/mol. The second-order valence-corrected chi connectivity index (χ2v) is 7.04. The number of ether oxygens (including phenoxy) is 1. The maximum atomic E-state index is 11.9. The highest BCUT2D eigenvalue weighted by molar-refractivity contribution is 14.0. The lowest BCUT2D eigenvalue weighted by molar-refractivity contribution is -0.121. The molecule has 0 saturated carbocycles. The smallest absolute Gasteiger partial charge is 0.239 e. The van der Waals surface area contributed by atoms with Crippen LogP contribution in [0.15, 0.2) is 23.2 Å². The van der Waals surface area contributed by atoms with Crippen molar-refractivity contribution in [3.8, 4) is 5.75 Å². The summed E-state index contributed by atoms with van der Waals surface area (Å²) in [6.45, 7) is 11.4. The molecule has 0 atom stereocenters. The van der Waals surface area contributed by atoms with Gasteiger partial charge in [-0.05, 0) is 45.7 Å². The van der Waals surface area contributed by atoms with Crippen LogP contribution in [0.5, 0.6) is 5.75 Å². The lowest BCUT2D eigenvalue weighted by atomic mass is 10.1. The third-order valence-electron chi connectivity index (χ3n) is 3.29. The van der Waals surface area contributed by atoms with E-state index in [1.165, 1.54) is 0 Å². The van der Waals surface area contributed by atoms with Gasteiger partial charge < -0.3 is 20.7 Å². The van der Waals surface area contributed by atoms with Gasteiger partial charge in [-0.25, -0.2) is 0 Å². The highest BCUT2D eigenvalue weighted by atomic mass is 127. The van der Waals surface area contributed by atoms with Gasteiger partial charge in [0.15, 0.2) is 5.96 Å². The molecule has 1 aromatic rings. The van der Waals surface area contributed by atoms with E-state index >= 15 is 0 Å². The van der Waals surface area contributed by atoms with Gasteiger partial charge in [-0.3, -0.25) is 9.79 Å². The number of hydrogen-bond acceptors (Lipinski definition) is 3. The normalized spacial score (nSPS) is 11.4. The first-order chi connectivity index (χ1) is 11.7. The Balaban J connectivity index is 0.00000625. The maximum Gasteiger partial charge on any atom is 0.239 e. The van der Waals surface area contributed by atoms with Gasteiger partial charge in [0.2, 0.25) is 5.91 Å². The molecule has 26 heavy (non-hydrogen) atoms. The molecule has 1 amide bonds. The molecule has 148 valence electrons. The van der Waals surface area contributed by atoms with Crippen LogP contribution in [-0.4, -0.2) is 37.6 Å². The van der Waals surface area contributed by atoms with Crippen LogP contribution in [-0.2, 0) is 11.3 Å². The number of carbonyl (C=O) groups is 1. The van der Waals surface area contributed by atoms with Crippen LogP contribution in [0.1, 0.15) is 45.2 Å². The molecule has 0 spiro atoms. The number of aryl methyl sites for hydroxylation is 1. The molecule has 1 aromatic carbocycles. The van der Waals surface area contributed by atoms with Crippen molar-refractivity contribution in [3.63, 3.8) is 0 Å². The molecule has 0 aromatic heterocycles. The molecule has 0 unspecified atom stereocenters. The summed E-state index contributed by atoms with van der Waals surface area (Å²) in [6.07, 6.45) is 0.965. The van der Waals surface area contributed by atoms with Crippen molar-refractivity contribution in [2.24, 2.45) is 4.99 Å². The fraction of sp³-hybridized carbons (Fsp3) is 0.579. The second-order valence-electron chi connectivity index (χ2n) is 7.04. The number of rotatable bonds is 7. The van der Waals surface area contributed by atoms with Gasteiger partial charge in [0.05, 0.1) is 13.2 Å². The van der Waals surface area contributed by atoms with Gasteiger partial charge in [0.25, 0.3) is 0 Å². The van der Waals surface area contributed by atoms with E-state index in [9.17, 15) is 4.79 Å². The summed E-state index contributed by atoms with van der Waals surface area (Å²) in [6, 6.07) is 6.15. The van der Waals surface area contributed by atoms with Crippen molar-refractivity contribution in [3.05, 3.63) is 29.3 Å². The van der Waals surface area contributed by atoms with Gasteiger partial charge in [0, 0.05) is 24.7 Å².